The molecule has 0 saturated carbocycles. The molecule has 0 saturated heterocycles. The van der Waals surface area contributed by atoms with Crippen LogP contribution in [0.1, 0.15) is 5.56 Å². The first-order valence-electron chi connectivity index (χ1n) is 10.6. The van der Waals surface area contributed by atoms with E-state index in [1.54, 1.807) is 24.3 Å². The minimum atomic E-state index is -3.99. The van der Waals surface area contributed by atoms with Crippen molar-refractivity contribution in [1.29, 1.82) is 0 Å². The predicted molar refractivity (Wildman–Crippen MR) is 136 cm³/mol. The molecule has 0 aliphatic carbocycles. The summed E-state index contributed by atoms with van der Waals surface area (Å²) in [5.74, 6) is -0.302. The van der Waals surface area contributed by atoms with E-state index >= 15 is 0 Å². The summed E-state index contributed by atoms with van der Waals surface area (Å²) in [4.78, 5) is 13.2. The number of anilines is 2. The number of aromatic nitrogens is 2. The maximum absolute atomic E-state index is 13.5. The highest BCUT2D eigenvalue weighted by atomic mass is 35.5. The van der Waals surface area contributed by atoms with Crippen LogP contribution in [0.5, 0.6) is 5.75 Å². The van der Waals surface area contributed by atoms with Gasteiger partial charge in [0.25, 0.3) is 15.9 Å². The summed E-state index contributed by atoms with van der Waals surface area (Å²) in [7, 11) is -3.99. The van der Waals surface area contributed by atoms with Gasteiger partial charge in [-0.3, -0.25) is 14.4 Å². The Balaban J connectivity index is 1.43. The van der Waals surface area contributed by atoms with Crippen LogP contribution in [0.3, 0.4) is 0 Å². The number of carbonyl (C=O) groups excluding carboxylic acids is 1. The van der Waals surface area contributed by atoms with Crippen molar-refractivity contribution in [3.63, 3.8) is 0 Å². The third kappa shape index (κ3) is 4.72. The first kappa shape index (κ1) is 23.3. The number of ether oxygens (including phenoxy) is 1. The Morgan fingerprint density at radius 1 is 1.09 bits per heavy atom. The summed E-state index contributed by atoms with van der Waals surface area (Å²) in [6, 6.07) is 20.6. The van der Waals surface area contributed by atoms with Crippen molar-refractivity contribution in [3.8, 4) is 16.3 Å². The number of rotatable bonds is 5. The molecular weight excluding hydrogens is 508 g/mol. The number of amides is 1. The second kappa shape index (κ2) is 9.29. The number of benzene rings is 3. The molecule has 11 heteroatoms. The fraction of sp³-hybridized carbons (Fsp3) is 0.125. The van der Waals surface area contributed by atoms with Crippen LogP contribution >= 0.6 is 22.9 Å². The van der Waals surface area contributed by atoms with E-state index in [2.05, 4.69) is 15.5 Å². The molecule has 1 aliphatic rings. The quantitative estimate of drug-likeness (QED) is 0.402. The second-order valence-electron chi connectivity index (χ2n) is 7.84. The van der Waals surface area contributed by atoms with Crippen LogP contribution in [0.15, 0.2) is 77.7 Å². The van der Waals surface area contributed by atoms with Gasteiger partial charge in [0.1, 0.15) is 10.8 Å². The molecule has 5 rings (SSSR count). The SMILES string of the molecule is Cc1ccc(S(=O)(=O)N2CC(C(=O)Nc3nnc(-c4ccccc4)s3)Oc3ccc(Cl)cc32)cc1. The molecule has 0 spiro atoms. The van der Waals surface area contributed by atoms with Gasteiger partial charge in [-0.1, -0.05) is 71.0 Å². The lowest BCUT2D eigenvalue weighted by atomic mass is 10.2. The summed E-state index contributed by atoms with van der Waals surface area (Å²) in [5, 5.41) is 12.1. The normalized spacial score (nSPS) is 15.3. The van der Waals surface area contributed by atoms with Gasteiger partial charge in [-0.15, -0.1) is 10.2 Å². The molecule has 178 valence electrons. The Morgan fingerprint density at radius 2 is 1.83 bits per heavy atom. The average Bonchev–Trinajstić information content (AvgIpc) is 3.32. The van der Waals surface area contributed by atoms with Crippen LogP contribution in [-0.4, -0.2) is 37.2 Å². The minimum absolute atomic E-state index is 0.103. The predicted octanol–water partition coefficient (Wildman–Crippen LogP) is 4.76. The van der Waals surface area contributed by atoms with Gasteiger partial charge in [0.15, 0.2) is 6.10 Å². The van der Waals surface area contributed by atoms with Crippen LogP contribution in [-0.2, 0) is 14.8 Å². The molecule has 8 nitrogen and oxygen atoms in total. The van der Waals surface area contributed by atoms with Gasteiger partial charge in [-0.25, -0.2) is 8.42 Å². The van der Waals surface area contributed by atoms with Gasteiger partial charge in [0.05, 0.1) is 17.1 Å². The number of hydrogen-bond donors (Lipinski definition) is 1. The molecule has 1 aromatic heterocycles. The Labute approximate surface area is 211 Å². The fourth-order valence-electron chi connectivity index (χ4n) is 3.58. The summed E-state index contributed by atoms with van der Waals surface area (Å²) >= 11 is 7.36. The standard InChI is InChI=1S/C24H19ClN4O4S2/c1-15-7-10-18(11-8-15)35(31,32)29-14-21(33-20-12-9-17(25)13-19(20)29)22(30)26-24-28-27-23(34-24)16-5-3-2-4-6-16/h2-13,21H,14H2,1H3,(H,26,28,30). The molecule has 1 unspecified atom stereocenters. The number of halogens is 1. The van der Waals surface area contributed by atoms with Crippen molar-refractivity contribution >= 4 is 49.7 Å². The van der Waals surface area contributed by atoms with Gasteiger partial charge in [-0.2, -0.15) is 0 Å². The molecule has 0 fully saturated rings. The maximum atomic E-state index is 13.5. The molecule has 2 heterocycles. The number of nitrogens with one attached hydrogen (secondary N) is 1. The third-order valence-corrected chi connectivity index (χ3v) is 8.28. The first-order valence-corrected chi connectivity index (χ1v) is 13.2. The molecule has 1 amide bonds. The van der Waals surface area contributed by atoms with Crippen LogP contribution in [0.25, 0.3) is 10.6 Å². The van der Waals surface area contributed by atoms with E-state index in [0.717, 1.165) is 15.4 Å². The Morgan fingerprint density at radius 3 is 2.57 bits per heavy atom. The molecular formula is C24H19ClN4O4S2. The van der Waals surface area contributed by atoms with Gasteiger partial charge >= 0.3 is 0 Å². The van der Waals surface area contributed by atoms with E-state index in [-0.39, 0.29) is 28.0 Å². The number of sulfonamides is 1. The van der Waals surface area contributed by atoms with Crippen molar-refractivity contribution in [1.82, 2.24) is 10.2 Å². The summed E-state index contributed by atoms with van der Waals surface area (Å²) in [6.45, 7) is 1.64. The van der Waals surface area contributed by atoms with E-state index in [0.29, 0.717) is 10.0 Å². The van der Waals surface area contributed by atoms with Crippen LogP contribution in [0.2, 0.25) is 5.02 Å². The third-order valence-electron chi connectivity index (χ3n) is 5.37. The molecule has 1 atom stereocenters. The van der Waals surface area contributed by atoms with Crippen molar-refractivity contribution in [2.24, 2.45) is 0 Å². The second-order valence-corrected chi connectivity index (χ2v) is 11.1. The molecule has 4 aromatic rings. The lowest BCUT2D eigenvalue weighted by Crippen LogP contribution is -2.48. The highest BCUT2D eigenvalue weighted by Crippen LogP contribution is 2.39. The topological polar surface area (TPSA) is 101 Å². The van der Waals surface area contributed by atoms with Crippen LogP contribution in [0, 0.1) is 6.92 Å². The van der Waals surface area contributed by atoms with Crippen LogP contribution < -0.4 is 14.4 Å². The van der Waals surface area contributed by atoms with Crippen molar-refractivity contribution in [2.45, 2.75) is 17.9 Å². The average molecular weight is 527 g/mol. The van der Waals surface area contributed by atoms with Crippen molar-refractivity contribution < 1.29 is 17.9 Å². The number of carbonyl (C=O) groups is 1. The monoisotopic (exact) mass is 526 g/mol. The zero-order valence-corrected chi connectivity index (χ0v) is 20.8. The summed E-state index contributed by atoms with van der Waals surface area (Å²) in [6.07, 6.45) is -1.12. The van der Waals surface area contributed by atoms with E-state index < -0.39 is 22.0 Å². The van der Waals surface area contributed by atoms with Gasteiger partial charge < -0.3 is 4.74 Å². The molecule has 1 N–H and O–H groups in total. The smallest absolute Gasteiger partial charge is 0.269 e. The van der Waals surface area contributed by atoms with Gasteiger partial charge in [-0.05, 0) is 37.3 Å². The highest BCUT2D eigenvalue weighted by Gasteiger charge is 2.38. The van der Waals surface area contributed by atoms with Gasteiger partial charge in [0.2, 0.25) is 5.13 Å². The van der Waals surface area contributed by atoms with Gasteiger partial charge in [0, 0.05) is 10.6 Å². The lowest BCUT2D eigenvalue weighted by molar-refractivity contribution is -0.122. The molecule has 0 radical (unpaired) electrons. The zero-order chi connectivity index (χ0) is 24.6. The number of aryl methyl sites for hydroxylation is 1. The van der Waals surface area contributed by atoms with Crippen LogP contribution in [0.4, 0.5) is 10.8 Å². The van der Waals surface area contributed by atoms with E-state index in [1.165, 1.54) is 29.5 Å². The van der Waals surface area contributed by atoms with E-state index in [1.807, 2.05) is 37.3 Å². The van der Waals surface area contributed by atoms with Crippen molar-refractivity contribution in [2.75, 3.05) is 16.2 Å². The van der Waals surface area contributed by atoms with E-state index in [4.69, 9.17) is 16.3 Å². The highest BCUT2D eigenvalue weighted by molar-refractivity contribution is 7.92. The summed E-state index contributed by atoms with van der Waals surface area (Å²) < 4.78 is 34.1. The molecule has 1 aliphatic heterocycles. The molecule has 35 heavy (non-hydrogen) atoms. The first-order chi connectivity index (χ1) is 16.8. The lowest BCUT2D eigenvalue weighted by Gasteiger charge is -2.34. The van der Waals surface area contributed by atoms with Crippen molar-refractivity contribution in [3.05, 3.63) is 83.4 Å². The summed E-state index contributed by atoms with van der Waals surface area (Å²) in [5.41, 5.74) is 2.07. The molecule has 3 aromatic carbocycles. The zero-order valence-electron chi connectivity index (χ0n) is 18.4. The van der Waals surface area contributed by atoms with E-state index in [9.17, 15) is 13.2 Å². The fourth-order valence-corrected chi connectivity index (χ4v) is 5.97. The Hall–Kier alpha value is -3.47. The Kier molecular flexibility index (Phi) is 6.18. The number of nitrogens with zero attached hydrogens (tertiary/aromatic N) is 3. The largest absolute Gasteiger partial charge is 0.476 e. The maximum Gasteiger partial charge on any atom is 0.269 e. The Bertz CT molecular complexity index is 1490. The molecule has 0 bridgehead atoms. The minimum Gasteiger partial charge on any atom is -0.476 e. The number of fused-ring (bicyclic) bond motifs is 1. The number of hydrogen-bond acceptors (Lipinski definition) is 7.